The Morgan fingerprint density at radius 2 is 2.17 bits per heavy atom. The first kappa shape index (κ1) is 11.4. The Bertz CT molecular complexity index is 563. The fourth-order valence-electron chi connectivity index (χ4n) is 2.61. The fourth-order valence-corrected chi connectivity index (χ4v) is 2.61. The highest BCUT2D eigenvalue weighted by Gasteiger charge is 2.26. The number of oxazole rings is 1. The molecule has 0 aliphatic carbocycles. The van der Waals surface area contributed by atoms with Gasteiger partial charge in [-0.25, -0.2) is 0 Å². The van der Waals surface area contributed by atoms with Crippen LogP contribution in [0.15, 0.2) is 22.6 Å². The first-order valence-corrected chi connectivity index (χ1v) is 6.56. The molecule has 2 N–H and O–H groups in total. The van der Waals surface area contributed by atoms with Crippen LogP contribution < -0.4 is 10.6 Å². The summed E-state index contributed by atoms with van der Waals surface area (Å²) in [7, 11) is 0. The lowest BCUT2D eigenvalue weighted by molar-refractivity contribution is 0.369. The molecule has 0 bridgehead atoms. The van der Waals surface area contributed by atoms with E-state index in [1.807, 2.05) is 18.2 Å². The highest BCUT2D eigenvalue weighted by atomic mass is 16.4. The molecule has 2 unspecified atom stereocenters. The first-order chi connectivity index (χ1) is 8.63. The average Bonchev–Trinajstić information content (AvgIpc) is 2.74. The van der Waals surface area contributed by atoms with Crippen molar-refractivity contribution in [1.82, 2.24) is 4.98 Å². The van der Waals surface area contributed by atoms with Crippen molar-refractivity contribution in [2.45, 2.75) is 32.7 Å². The Kier molecular flexibility index (Phi) is 2.65. The first-order valence-electron chi connectivity index (χ1n) is 6.56. The van der Waals surface area contributed by atoms with Crippen LogP contribution in [0.5, 0.6) is 0 Å². The number of nitrogens with zero attached hydrogens (tertiary/aromatic N) is 2. The molecule has 0 saturated carbocycles. The van der Waals surface area contributed by atoms with Gasteiger partial charge in [-0.15, -0.1) is 0 Å². The molecule has 1 aliphatic heterocycles. The molecule has 0 spiro atoms. The standard InChI is InChI=1S/C14H19N3O/c1-9-3-4-10(2)17(8-9)14-16-12-6-5-11(15)7-13(12)18-14/h5-7,9-10H,3-4,8,15H2,1-2H3. The number of nitrogen functional groups attached to an aromatic ring is 1. The van der Waals surface area contributed by atoms with Crippen LogP contribution in [0.1, 0.15) is 26.7 Å². The average molecular weight is 245 g/mol. The molecular formula is C14H19N3O. The second-order valence-corrected chi connectivity index (χ2v) is 5.41. The van der Waals surface area contributed by atoms with E-state index in [2.05, 4.69) is 23.7 Å². The van der Waals surface area contributed by atoms with E-state index in [0.717, 1.165) is 23.7 Å². The van der Waals surface area contributed by atoms with Gasteiger partial charge in [0.2, 0.25) is 0 Å². The summed E-state index contributed by atoms with van der Waals surface area (Å²) >= 11 is 0. The Hall–Kier alpha value is -1.71. The number of benzene rings is 1. The van der Waals surface area contributed by atoms with Gasteiger partial charge >= 0.3 is 0 Å². The van der Waals surface area contributed by atoms with Crippen LogP contribution in [0.4, 0.5) is 11.7 Å². The molecule has 3 rings (SSSR count). The molecule has 2 heterocycles. The van der Waals surface area contributed by atoms with E-state index in [-0.39, 0.29) is 0 Å². The zero-order valence-electron chi connectivity index (χ0n) is 10.9. The summed E-state index contributed by atoms with van der Waals surface area (Å²) in [6, 6.07) is 6.83. The highest BCUT2D eigenvalue weighted by molar-refractivity contribution is 5.78. The van der Waals surface area contributed by atoms with Crippen LogP contribution >= 0.6 is 0 Å². The van der Waals surface area contributed by atoms with Crippen molar-refractivity contribution in [3.05, 3.63) is 18.2 Å². The molecule has 96 valence electrons. The number of anilines is 2. The second-order valence-electron chi connectivity index (χ2n) is 5.41. The number of hydrogen-bond acceptors (Lipinski definition) is 4. The van der Waals surface area contributed by atoms with Crippen LogP contribution in [-0.2, 0) is 0 Å². The van der Waals surface area contributed by atoms with Crippen LogP contribution in [-0.4, -0.2) is 17.6 Å². The van der Waals surface area contributed by atoms with Gasteiger partial charge in [0.15, 0.2) is 5.58 Å². The molecule has 2 aromatic rings. The van der Waals surface area contributed by atoms with Gasteiger partial charge in [0.25, 0.3) is 6.01 Å². The number of rotatable bonds is 1. The largest absolute Gasteiger partial charge is 0.423 e. The fraction of sp³-hybridized carbons (Fsp3) is 0.500. The van der Waals surface area contributed by atoms with Crippen molar-refractivity contribution >= 4 is 22.8 Å². The van der Waals surface area contributed by atoms with Crippen molar-refractivity contribution in [2.75, 3.05) is 17.2 Å². The monoisotopic (exact) mass is 245 g/mol. The zero-order valence-corrected chi connectivity index (χ0v) is 10.9. The molecule has 1 aromatic heterocycles. The minimum absolute atomic E-state index is 0.492. The van der Waals surface area contributed by atoms with Gasteiger partial charge in [-0.2, -0.15) is 4.98 Å². The lowest BCUT2D eigenvalue weighted by Gasteiger charge is -2.35. The van der Waals surface area contributed by atoms with Crippen LogP contribution in [0.3, 0.4) is 0 Å². The molecule has 1 aromatic carbocycles. The summed E-state index contributed by atoms with van der Waals surface area (Å²) in [5.41, 5.74) is 8.13. The summed E-state index contributed by atoms with van der Waals surface area (Å²) in [5, 5.41) is 0. The second kappa shape index (κ2) is 4.19. The van der Waals surface area contributed by atoms with Gasteiger partial charge in [-0.1, -0.05) is 6.92 Å². The molecule has 18 heavy (non-hydrogen) atoms. The molecule has 4 heteroatoms. The summed E-state index contributed by atoms with van der Waals surface area (Å²) in [6.07, 6.45) is 2.48. The number of fused-ring (bicyclic) bond motifs is 1. The third-order valence-corrected chi connectivity index (χ3v) is 3.76. The highest BCUT2D eigenvalue weighted by Crippen LogP contribution is 2.30. The summed E-state index contributed by atoms with van der Waals surface area (Å²) in [4.78, 5) is 6.83. The molecule has 2 atom stereocenters. The van der Waals surface area contributed by atoms with Gasteiger partial charge in [0, 0.05) is 24.3 Å². The van der Waals surface area contributed by atoms with Crippen LogP contribution in [0.25, 0.3) is 11.1 Å². The van der Waals surface area contributed by atoms with E-state index in [1.54, 1.807) is 0 Å². The van der Waals surface area contributed by atoms with Gasteiger partial charge in [-0.05, 0) is 37.8 Å². The van der Waals surface area contributed by atoms with Gasteiger partial charge in [-0.3, -0.25) is 0 Å². The van der Waals surface area contributed by atoms with Gasteiger partial charge in [0.1, 0.15) is 5.52 Å². The molecule has 0 amide bonds. The minimum atomic E-state index is 0.492. The van der Waals surface area contributed by atoms with E-state index in [4.69, 9.17) is 10.2 Å². The molecule has 0 radical (unpaired) electrons. The van der Waals surface area contributed by atoms with Gasteiger partial charge < -0.3 is 15.1 Å². The number of hydrogen-bond donors (Lipinski definition) is 1. The lowest BCUT2D eigenvalue weighted by atomic mass is 9.96. The number of aromatic nitrogens is 1. The van der Waals surface area contributed by atoms with Crippen molar-refractivity contribution in [1.29, 1.82) is 0 Å². The van der Waals surface area contributed by atoms with Crippen LogP contribution in [0, 0.1) is 5.92 Å². The maximum absolute atomic E-state index is 5.84. The summed E-state index contributed by atoms with van der Waals surface area (Å²) < 4.78 is 5.84. The van der Waals surface area contributed by atoms with Gasteiger partial charge in [0.05, 0.1) is 0 Å². The van der Waals surface area contributed by atoms with Crippen molar-refractivity contribution < 1.29 is 4.42 Å². The lowest BCUT2D eigenvalue weighted by Crippen LogP contribution is -2.41. The maximum atomic E-state index is 5.84. The van der Waals surface area contributed by atoms with E-state index in [0.29, 0.717) is 17.6 Å². The Morgan fingerprint density at radius 3 is 3.00 bits per heavy atom. The van der Waals surface area contributed by atoms with Crippen molar-refractivity contribution in [2.24, 2.45) is 5.92 Å². The number of nitrogens with two attached hydrogens (primary N) is 1. The van der Waals surface area contributed by atoms with E-state index in [1.165, 1.54) is 12.8 Å². The predicted octanol–water partition coefficient (Wildman–Crippen LogP) is 3.03. The quantitative estimate of drug-likeness (QED) is 0.785. The minimum Gasteiger partial charge on any atom is -0.423 e. The normalized spacial score (nSPS) is 24.7. The summed E-state index contributed by atoms with van der Waals surface area (Å²) in [5.74, 6) is 0.696. The maximum Gasteiger partial charge on any atom is 0.298 e. The Balaban J connectivity index is 1.97. The third-order valence-electron chi connectivity index (χ3n) is 3.76. The number of piperidine rings is 1. The molecule has 4 nitrogen and oxygen atoms in total. The van der Waals surface area contributed by atoms with Crippen LogP contribution in [0.2, 0.25) is 0 Å². The molecule has 1 fully saturated rings. The third kappa shape index (κ3) is 1.92. The van der Waals surface area contributed by atoms with E-state index in [9.17, 15) is 0 Å². The Labute approximate surface area is 107 Å². The van der Waals surface area contributed by atoms with E-state index >= 15 is 0 Å². The van der Waals surface area contributed by atoms with Crippen molar-refractivity contribution in [3.63, 3.8) is 0 Å². The zero-order chi connectivity index (χ0) is 12.7. The topological polar surface area (TPSA) is 55.3 Å². The smallest absolute Gasteiger partial charge is 0.298 e. The van der Waals surface area contributed by atoms with Crippen molar-refractivity contribution in [3.8, 4) is 0 Å². The Morgan fingerprint density at radius 1 is 1.33 bits per heavy atom. The molecule has 1 aliphatic rings. The predicted molar refractivity (Wildman–Crippen MR) is 73.6 cm³/mol. The SMILES string of the molecule is CC1CCC(C)N(c2nc3ccc(N)cc3o2)C1. The molecular weight excluding hydrogens is 226 g/mol. The summed E-state index contributed by atoms with van der Waals surface area (Å²) in [6.45, 7) is 5.53. The molecule has 1 saturated heterocycles. The van der Waals surface area contributed by atoms with E-state index < -0.39 is 0 Å².